The molecule has 1 aliphatic rings. The van der Waals surface area contributed by atoms with Crippen LogP contribution < -0.4 is 10.1 Å². The van der Waals surface area contributed by atoms with Gasteiger partial charge in [-0.15, -0.1) is 0 Å². The van der Waals surface area contributed by atoms with E-state index in [1.54, 1.807) is 25.5 Å². The number of fused-ring (bicyclic) bond motifs is 1. The lowest BCUT2D eigenvalue weighted by Crippen LogP contribution is -2.07. The molecular weight excluding hydrogens is 364 g/mol. The topological polar surface area (TPSA) is 60.5 Å². The van der Waals surface area contributed by atoms with E-state index in [1.165, 1.54) is 29.4 Å². The van der Waals surface area contributed by atoms with Gasteiger partial charge in [-0.2, -0.15) is 0 Å². The highest BCUT2D eigenvalue weighted by Gasteiger charge is 2.11. The number of carbonyl (C=O) groups is 1. The third-order valence-corrected chi connectivity index (χ3v) is 4.80. The van der Waals surface area contributed by atoms with Gasteiger partial charge in [-0.25, -0.2) is 4.79 Å². The fourth-order valence-corrected chi connectivity index (χ4v) is 3.15. The molecule has 3 aromatic rings. The van der Waals surface area contributed by atoms with Gasteiger partial charge in [-0.05, 0) is 48.6 Å². The summed E-state index contributed by atoms with van der Waals surface area (Å²) in [4.78, 5) is 15.0. The van der Waals surface area contributed by atoms with Gasteiger partial charge in [0.15, 0.2) is 0 Å². The van der Waals surface area contributed by atoms with Gasteiger partial charge in [0.1, 0.15) is 5.75 Å². The summed E-state index contributed by atoms with van der Waals surface area (Å²) in [5.41, 5.74) is 6.30. The second kappa shape index (κ2) is 9.73. The average molecular weight is 390 g/mol. The predicted octanol–water partition coefficient (Wildman–Crippen LogP) is 4.90. The van der Waals surface area contributed by atoms with Gasteiger partial charge in [0.05, 0.1) is 31.2 Å². The van der Waals surface area contributed by atoms with Crippen molar-refractivity contribution in [2.24, 2.45) is 0 Å². The van der Waals surface area contributed by atoms with Crippen LogP contribution in [0.25, 0.3) is 11.1 Å². The second-order valence-electron chi connectivity index (χ2n) is 6.80. The molecule has 2 heterocycles. The third kappa shape index (κ3) is 5.13. The molecule has 0 fully saturated rings. The van der Waals surface area contributed by atoms with Gasteiger partial charge in [-0.3, -0.25) is 4.98 Å². The van der Waals surface area contributed by atoms with Crippen molar-refractivity contribution < 1.29 is 14.3 Å². The Morgan fingerprint density at radius 3 is 2.59 bits per heavy atom. The maximum atomic E-state index is 11.1. The first kappa shape index (κ1) is 20.4. The summed E-state index contributed by atoms with van der Waals surface area (Å²) < 4.78 is 10.3. The number of hydrogen-bond donors (Lipinski definition) is 1. The molecule has 29 heavy (non-hydrogen) atoms. The summed E-state index contributed by atoms with van der Waals surface area (Å²) in [6.07, 6.45) is 5.40. The predicted molar refractivity (Wildman–Crippen MR) is 116 cm³/mol. The monoisotopic (exact) mass is 390 g/mol. The fraction of sp³-hybridized carbons (Fsp3) is 0.250. The number of esters is 1. The van der Waals surface area contributed by atoms with Crippen LogP contribution in [0.2, 0.25) is 0 Å². The van der Waals surface area contributed by atoms with Gasteiger partial charge < -0.3 is 14.8 Å². The van der Waals surface area contributed by atoms with Crippen molar-refractivity contribution in [2.45, 2.75) is 19.8 Å². The van der Waals surface area contributed by atoms with Gasteiger partial charge in [0.25, 0.3) is 0 Å². The van der Waals surface area contributed by atoms with E-state index in [9.17, 15) is 4.79 Å². The zero-order chi connectivity index (χ0) is 20.6. The van der Waals surface area contributed by atoms with Crippen LogP contribution in [0.15, 0.2) is 60.9 Å². The molecule has 0 atom stereocenters. The van der Waals surface area contributed by atoms with E-state index in [1.807, 2.05) is 0 Å². The quantitative estimate of drug-likeness (QED) is 0.645. The van der Waals surface area contributed by atoms with Crippen molar-refractivity contribution in [3.05, 3.63) is 77.6 Å². The molecule has 0 bridgehead atoms. The van der Waals surface area contributed by atoms with Crippen molar-refractivity contribution in [1.82, 2.24) is 4.98 Å². The molecular formula is C24H26N2O3. The van der Waals surface area contributed by atoms with Gasteiger partial charge in [-0.1, -0.05) is 42.0 Å². The Morgan fingerprint density at radius 1 is 1.10 bits per heavy atom. The molecule has 0 spiro atoms. The van der Waals surface area contributed by atoms with E-state index in [0.717, 1.165) is 25.2 Å². The van der Waals surface area contributed by atoms with Crippen LogP contribution in [0.1, 0.15) is 27.9 Å². The molecule has 4 rings (SSSR count). The van der Waals surface area contributed by atoms with Crippen LogP contribution in [0.5, 0.6) is 5.75 Å². The third-order valence-electron chi connectivity index (χ3n) is 4.80. The SMILES string of the molecule is CNc1cnccc1C(=O)OC.Cc1ccc(-c2ccc3c(c2)OCCC3)cc1. The van der Waals surface area contributed by atoms with Crippen LogP contribution in [0.4, 0.5) is 5.69 Å². The lowest BCUT2D eigenvalue weighted by molar-refractivity contribution is 0.0601. The minimum atomic E-state index is -0.359. The van der Waals surface area contributed by atoms with Crippen molar-refractivity contribution in [3.8, 4) is 16.9 Å². The number of hydrogen-bond acceptors (Lipinski definition) is 5. The number of anilines is 1. The lowest BCUT2D eigenvalue weighted by atomic mass is 9.99. The molecule has 1 N–H and O–H groups in total. The minimum Gasteiger partial charge on any atom is -0.493 e. The van der Waals surface area contributed by atoms with Gasteiger partial charge >= 0.3 is 5.97 Å². The zero-order valence-corrected chi connectivity index (χ0v) is 17.1. The molecule has 150 valence electrons. The number of ether oxygens (including phenoxy) is 2. The molecule has 0 radical (unpaired) electrons. The van der Waals surface area contributed by atoms with Crippen LogP contribution in [-0.2, 0) is 11.2 Å². The van der Waals surface area contributed by atoms with Crippen LogP contribution in [0, 0.1) is 6.92 Å². The molecule has 1 aliphatic heterocycles. The van der Waals surface area contributed by atoms with Crippen molar-refractivity contribution in [2.75, 3.05) is 26.1 Å². The van der Waals surface area contributed by atoms with Gasteiger partial charge in [0.2, 0.25) is 0 Å². The summed E-state index contributed by atoms with van der Waals surface area (Å²) >= 11 is 0. The first-order valence-electron chi connectivity index (χ1n) is 9.65. The number of nitrogens with zero attached hydrogens (tertiary/aromatic N) is 1. The highest BCUT2D eigenvalue weighted by Crippen LogP contribution is 2.30. The smallest absolute Gasteiger partial charge is 0.340 e. The Bertz CT molecular complexity index is 968. The highest BCUT2D eigenvalue weighted by atomic mass is 16.5. The molecule has 0 saturated heterocycles. The van der Waals surface area contributed by atoms with Crippen molar-refractivity contribution in [1.29, 1.82) is 0 Å². The van der Waals surface area contributed by atoms with E-state index in [4.69, 9.17) is 4.74 Å². The Hall–Kier alpha value is -3.34. The van der Waals surface area contributed by atoms with E-state index >= 15 is 0 Å². The molecule has 0 unspecified atom stereocenters. The van der Waals surface area contributed by atoms with E-state index in [2.05, 4.69) is 64.4 Å². The molecule has 5 nitrogen and oxygen atoms in total. The summed E-state index contributed by atoms with van der Waals surface area (Å²) in [5.74, 6) is 0.705. The Labute approximate surface area is 171 Å². The standard InChI is InChI=1S/C16H16O.C8H10N2O2/c1-12-4-6-13(7-5-12)15-9-8-14-3-2-10-17-16(14)11-15;1-9-7-5-10-4-3-6(7)8(11)12-2/h4-9,11H,2-3,10H2,1H3;3-5,9H,1-2H3. The van der Waals surface area contributed by atoms with Crippen LogP contribution in [0.3, 0.4) is 0 Å². The Kier molecular flexibility index (Phi) is 6.85. The van der Waals surface area contributed by atoms with E-state index in [0.29, 0.717) is 11.3 Å². The Morgan fingerprint density at radius 2 is 1.86 bits per heavy atom. The number of carbonyl (C=O) groups excluding carboxylic acids is 1. The number of nitrogens with one attached hydrogen (secondary N) is 1. The molecule has 5 heteroatoms. The lowest BCUT2D eigenvalue weighted by Gasteiger charge is -2.18. The molecule has 0 saturated carbocycles. The molecule has 0 aliphatic carbocycles. The van der Waals surface area contributed by atoms with Crippen molar-refractivity contribution in [3.63, 3.8) is 0 Å². The van der Waals surface area contributed by atoms with Crippen LogP contribution >= 0.6 is 0 Å². The van der Waals surface area contributed by atoms with E-state index < -0.39 is 0 Å². The van der Waals surface area contributed by atoms with Gasteiger partial charge in [0, 0.05) is 13.2 Å². The first-order chi connectivity index (χ1) is 14.1. The summed E-state index contributed by atoms with van der Waals surface area (Å²) in [6, 6.07) is 16.8. The number of benzene rings is 2. The summed E-state index contributed by atoms with van der Waals surface area (Å²) in [6.45, 7) is 2.96. The summed E-state index contributed by atoms with van der Waals surface area (Å²) in [7, 11) is 3.08. The van der Waals surface area contributed by atoms with E-state index in [-0.39, 0.29) is 5.97 Å². The maximum Gasteiger partial charge on any atom is 0.340 e. The molecule has 1 aromatic heterocycles. The number of methoxy groups -OCH3 is 1. The minimum absolute atomic E-state index is 0.359. The highest BCUT2D eigenvalue weighted by molar-refractivity contribution is 5.95. The maximum absolute atomic E-state index is 11.1. The summed E-state index contributed by atoms with van der Waals surface area (Å²) in [5, 5.41) is 2.85. The Balaban J connectivity index is 0.000000177. The normalized spacial score (nSPS) is 12.0. The fourth-order valence-electron chi connectivity index (χ4n) is 3.15. The number of rotatable bonds is 3. The number of aromatic nitrogens is 1. The largest absolute Gasteiger partial charge is 0.493 e. The van der Waals surface area contributed by atoms with Crippen LogP contribution in [-0.4, -0.2) is 31.7 Å². The molecule has 2 aromatic carbocycles. The number of aryl methyl sites for hydroxylation is 2. The van der Waals surface area contributed by atoms with Crippen molar-refractivity contribution >= 4 is 11.7 Å². The molecule has 0 amide bonds. The zero-order valence-electron chi connectivity index (χ0n) is 17.1. The number of pyridine rings is 1. The average Bonchev–Trinajstić information content (AvgIpc) is 2.79. The second-order valence-corrected chi connectivity index (χ2v) is 6.80. The first-order valence-corrected chi connectivity index (χ1v) is 9.65.